The highest BCUT2D eigenvalue weighted by atomic mass is 32.1. The van der Waals surface area contributed by atoms with Crippen LogP contribution in [0.3, 0.4) is 0 Å². The third kappa shape index (κ3) is 3.39. The number of H-pyrrole nitrogens is 1. The predicted molar refractivity (Wildman–Crippen MR) is 68.4 cm³/mol. The molecule has 0 atom stereocenters. The summed E-state index contributed by atoms with van der Waals surface area (Å²) in [7, 11) is 1.71. The highest BCUT2D eigenvalue weighted by Gasteiger charge is 2.08. The van der Waals surface area contributed by atoms with Crippen LogP contribution in [0.4, 0.5) is 0 Å². The van der Waals surface area contributed by atoms with Gasteiger partial charge in [0.25, 0.3) is 0 Å². The summed E-state index contributed by atoms with van der Waals surface area (Å²) in [5.41, 5.74) is 2.30. The number of hydrogen-bond donors (Lipinski definition) is 1. The van der Waals surface area contributed by atoms with Crippen molar-refractivity contribution in [1.29, 1.82) is 0 Å². The highest BCUT2D eigenvalue weighted by Crippen LogP contribution is 2.18. The van der Waals surface area contributed by atoms with Crippen LogP contribution in [-0.2, 0) is 11.2 Å². The molecule has 0 aromatic carbocycles. The molecule has 0 aliphatic rings. The summed E-state index contributed by atoms with van der Waals surface area (Å²) in [5.74, 6) is 1.38. The largest absolute Gasteiger partial charge is 0.385 e. The summed E-state index contributed by atoms with van der Waals surface area (Å²) < 4.78 is 5.75. The van der Waals surface area contributed by atoms with Gasteiger partial charge in [0.15, 0.2) is 0 Å². The van der Waals surface area contributed by atoms with E-state index in [1.165, 1.54) is 0 Å². The van der Waals surface area contributed by atoms with Gasteiger partial charge in [0.05, 0.1) is 0 Å². The smallest absolute Gasteiger partial charge is 0.133 e. The molecule has 0 fully saturated rings. The zero-order valence-corrected chi connectivity index (χ0v) is 11.3. The molecule has 0 aliphatic carbocycles. The van der Waals surface area contributed by atoms with Crippen molar-refractivity contribution in [2.45, 2.75) is 39.5 Å². The standard InChI is InChI=1S/C12H20N2OS/c1-8(2)11-9(3)13-10(14-12(11)16)6-5-7-15-4/h8H,5-7H2,1-4H3,(H,13,14,16). The van der Waals surface area contributed by atoms with Crippen molar-refractivity contribution < 1.29 is 4.74 Å². The van der Waals surface area contributed by atoms with Crippen molar-refractivity contribution in [3.63, 3.8) is 0 Å². The van der Waals surface area contributed by atoms with E-state index in [4.69, 9.17) is 17.0 Å². The first-order valence-corrected chi connectivity index (χ1v) is 6.05. The molecule has 0 radical (unpaired) electrons. The molecular weight excluding hydrogens is 220 g/mol. The first kappa shape index (κ1) is 13.3. The first-order chi connectivity index (χ1) is 7.56. The number of ether oxygens (including phenoxy) is 1. The van der Waals surface area contributed by atoms with E-state index in [0.29, 0.717) is 5.92 Å². The Bertz CT molecular complexity index is 398. The Morgan fingerprint density at radius 3 is 2.62 bits per heavy atom. The highest BCUT2D eigenvalue weighted by molar-refractivity contribution is 7.71. The Labute approximate surface area is 102 Å². The van der Waals surface area contributed by atoms with Crippen LogP contribution in [0.25, 0.3) is 0 Å². The number of aromatic nitrogens is 2. The van der Waals surface area contributed by atoms with E-state index in [-0.39, 0.29) is 0 Å². The van der Waals surface area contributed by atoms with Gasteiger partial charge in [-0.05, 0) is 19.3 Å². The normalized spacial score (nSPS) is 11.1. The zero-order valence-electron chi connectivity index (χ0n) is 10.5. The fourth-order valence-electron chi connectivity index (χ4n) is 1.84. The molecule has 1 aromatic rings. The number of aromatic amines is 1. The number of nitrogens with zero attached hydrogens (tertiary/aromatic N) is 1. The topological polar surface area (TPSA) is 37.9 Å². The van der Waals surface area contributed by atoms with Crippen LogP contribution in [0.2, 0.25) is 0 Å². The SMILES string of the molecule is COCCCc1nc(=S)c(C(C)C)c(C)[nH]1. The Balaban J connectivity index is 2.88. The molecular formula is C12H20N2OS. The predicted octanol–water partition coefficient (Wildman–Crippen LogP) is 3.15. The molecule has 0 saturated heterocycles. The summed E-state index contributed by atoms with van der Waals surface area (Å²) in [6.07, 6.45) is 1.85. The Hall–Kier alpha value is -0.740. The van der Waals surface area contributed by atoms with Gasteiger partial charge in [-0.3, -0.25) is 0 Å². The molecule has 0 saturated carbocycles. The Morgan fingerprint density at radius 2 is 2.12 bits per heavy atom. The molecule has 4 heteroatoms. The first-order valence-electron chi connectivity index (χ1n) is 5.65. The molecule has 1 heterocycles. The molecule has 0 aliphatic heterocycles. The third-order valence-electron chi connectivity index (χ3n) is 2.54. The van der Waals surface area contributed by atoms with Gasteiger partial charge in [-0.1, -0.05) is 26.1 Å². The van der Waals surface area contributed by atoms with Gasteiger partial charge >= 0.3 is 0 Å². The van der Waals surface area contributed by atoms with Crippen LogP contribution in [-0.4, -0.2) is 23.7 Å². The molecule has 16 heavy (non-hydrogen) atoms. The Kier molecular flexibility index (Phi) is 5.09. The van der Waals surface area contributed by atoms with E-state index in [1.807, 2.05) is 0 Å². The fraction of sp³-hybridized carbons (Fsp3) is 0.667. The molecule has 0 amide bonds. The van der Waals surface area contributed by atoms with Crippen molar-refractivity contribution in [2.24, 2.45) is 0 Å². The molecule has 0 spiro atoms. The van der Waals surface area contributed by atoms with Crippen LogP contribution in [0.5, 0.6) is 0 Å². The van der Waals surface area contributed by atoms with Crippen molar-refractivity contribution in [1.82, 2.24) is 9.97 Å². The van der Waals surface area contributed by atoms with Crippen LogP contribution < -0.4 is 0 Å². The number of hydrogen-bond acceptors (Lipinski definition) is 3. The third-order valence-corrected chi connectivity index (χ3v) is 2.85. The van der Waals surface area contributed by atoms with E-state index in [1.54, 1.807) is 7.11 Å². The number of nitrogens with one attached hydrogen (secondary N) is 1. The second kappa shape index (κ2) is 6.11. The minimum atomic E-state index is 0.421. The van der Waals surface area contributed by atoms with Gasteiger partial charge in [-0.15, -0.1) is 0 Å². The van der Waals surface area contributed by atoms with Gasteiger partial charge in [0, 0.05) is 31.4 Å². The molecule has 1 aromatic heterocycles. The van der Waals surface area contributed by atoms with E-state index < -0.39 is 0 Å². The van der Waals surface area contributed by atoms with Crippen molar-refractivity contribution in [3.05, 3.63) is 21.7 Å². The van der Waals surface area contributed by atoms with Gasteiger partial charge in [-0.25, -0.2) is 4.98 Å². The van der Waals surface area contributed by atoms with Gasteiger partial charge in [0.1, 0.15) is 10.5 Å². The average Bonchev–Trinajstić information content (AvgIpc) is 2.16. The van der Waals surface area contributed by atoms with Crippen LogP contribution in [0.1, 0.15) is 43.3 Å². The maximum absolute atomic E-state index is 5.32. The molecule has 0 bridgehead atoms. The van der Waals surface area contributed by atoms with Crippen molar-refractivity contribution >= 4 is 12.2 Å². The van der Waals surface area contributed by atoms with E-state index in [9.17, 15) is 0 Å². The lowest BCUT2D eigenvalue weighted by Gasteiger charge is -2.11. The van der Waals surface area contributed by atoms with Crippen LogP contribution in [0.15, 0.2) is 0 Å². The molecule has 1 rings (SSSR count). The maximum atomic E-state index is 5.32. The maximum Gasteiger partial charge on any atom is 0.133 e. The van der Waals surface area contributed by atoms with Gasteiger partial charge in [-0.2, -0.15) is 0 Å². The quantitative estimate of drug-likeness (QED) is 0.634. The zero-order chi connectivity index (χ0) is 12.1. The lowest BCUT2D eigenvalue weighted by Crippen LogP contribution is -2.05. The van der Waals surface area contributed by atoms with E-state index in [0.717, 1.165) is 41.2 Å². The summed E-state index contributed by atoms with van der Waals surface area (Å²) in [5, 5.41) is 0. The van der Waals surface area contributed by atoms with Crippen molar-refractivity contribution in [3.8, 4) is 0 Å². The summed E-state index contributed by atoms with van der Waals surface area (Å²) >= 11 is 5.32. The van der Waals surface area contributed by atoms with Crippen molar-refractivity contribution in [2.75, 3.05) is 13.7 Å². The minimum Gasteiger partial charge on any atom is -0.385 e. The number of aryl methyl sites for hydroxylation is 2. The number of rotatable bonds is 5. The fourth-order valence-corrected chi connectivity index (χ4v) is 2.34. The van der Waals surface area contributed by atoms with E-state index >= 15 is 0 Å². The molecule has 90 valence electrons. The lowest BCUT2D eigenvalue weighted by atomic mass is 10.0. The summed E-state index contributed by atoms with van der Waals surface area (Å²) in [4.78, 5) is 7.75. The second-order valence-corrected chi connectivity index (χ2v) is 4.67. The molecule has 3 nitrogen and oxygen atoms in total. The van der Waals surface area contributed by atoms with Crippen LogP contribution in [0, 0.1) is 11.6 Å². The van der Waals surface area contributed by atoms with E-state index in [2.05, 4.69) is 30.7 Å². The average molecular weight is 240 g/mol. The lowest BCUT2D eigenvalue weighted by molar-refractivity contribution is 0.194. The molecule has 0 unspecified atom stereocenters. The summed E-state index contributed by atoms with van der Waals surface area (Å²) in [6.45, 7) is 7.09. The van der Waals surface area contributed by atoms with Gasteiger partial charge in [0.2, 0.25) is 0 Å². The second-order valence-electron chi connectivity index (χ2n) is 4.28. The summed E-state index contributed by atoms with van der Waals surface area (Å²) in [6, 6.07) is 0. The number of methoxy groups -OCH3 is 1. The minimum absolute atomic E-state index is 0.421. The molecule has 1 N–H and O–H groups in total. The van der Waals surface area contributed by atoms with Gasteiger partial charge < -0.3 is 9.72 Å². The Morgan fingerprint density at radius 1 is 1.44 bits per heavy atom. The monoisotopic (exact) mass is 240 g/mol. The van der Waals surface area contributed by atoms with Crippen LogP contribution >= 0.6 is 12.2 Å².